The first-order chi connectivity index (χ1) is 7.38. The maximum atomic E-state index is 5.07. The Bertz CT molecular complexity index is 239. The maximum absolute atomic E-state index is 5.07. The van der Waals surface area contributed by atoms with Gasteiger partial charge in [-0.1, -0.05) is 6.92 Å². The third kappa shape index (κ3) is 4.73. The molecule has 0 radical (unpaired) electrons. The Kier molecular flexibility index (Phi) is 6.55. The Balaban J connectivity index is 2.39. The minimum absolute atomic E-state index is 0.395. The van der Waals surface area contributed by atoms with Crippen molar-refractivity contribution in [2.45, 2.75) is 32.2 Å². The SMILES string of the molecule is CCCNC(CCCOC)c1cscn1. The number of nitrogens with zero attached hydrogens (tertiary/aromatic N) is 1. The molecule has 1 unspecified atom stereocenters. The van der Waals surface area contributed by atoms with Gasteiger partial charge in [-0.05, 0) is 25.8 Å². The smallest absolute Gasteiger partial charge is 0.0795 e. The molecule has 1 heterocycles. The van der Waals surface area contributed by atoms with Crippen LogP contribution in [0.15, 0.2) is 10.9 Å². The van der Waals surface area contributed by atoms with Crippen molar-refractivity contribution in [2.75, 3.05) is 20.3 Å². The van der Waals surface area contributed by atoms with Crippen molar-refractivity contribution in [1.82, 2.24) is 10.3 Å². The van der Waals surface area contributed by atoms with Crippen LogP contribution in [0.5, 0.6) is 0 Å². The number of rotatable bonds is 8. The van der Waals surface area contributed by atoms with Gasteiger partial charge in [0.2, 0.25) is 0 Å². The van der Waals surface area contributed by atoms with Gasteiger partial charge in [0, 0.05) is 19.1 Å². The molecule has 1 aromatic heterocycles. The summed E-state index contributed by atoms with van der Waals surface area (Å²) in [5.41, 5.74) is 3.07. The Labute approximate surface area is 95.9 Å². The van der Waals surface area contributed by atoms with Crippen molar-refractivity contribution in [1.29, 1.82) is 0 Å². The summed E-state index contributed by atoms with van der Waals surface area (Å²) in [6.45, 7) is 4.06. The summed E-state index contributed by atoms with van der Waals surface area (Å²) < 4.78 is 5.07. The molecule has 0 aliphatic carbocycles. The largest absolute Gasteiger partial charge is 0.385 e. The van der Waals surface area contributed by atoms with Crippen LogP contribution in [0.25, 0.3) is 0 Å². The highest BCUT2D eigenvalue weighted by molar-refractivity contribution is 7.07. The second kappa shape index (κ2) is 7.79. The minimum Gasteiger partial charge on any atom is -0.385 e. The van der Waals surface area contributed by atoms with E-state index >= 15 is 0 Å². The Morgan fingerprint density at radius 2 is 2.47 bits per heavy atom. The first kappa shape index (κ1) is 12.6. The Hall–Kier alpha value is -0.450. The molecule has 0 aliphatic heterocycles. The minimum atomic E-state index is 0.395. The van der Waals surface area contributed by atoms with E-state index in [0.29, 0.717) is 6.04 Å². The lowest BCUT2D eigenvalue weighted by molar-refractivity contribution is 0.188. The molecule has 1 N–H and O–H groups in total. The van der Waals surface area contributed by atoms with E-state index in [-0.39, 0.29) is 0 Å². The van der Waals surface area contributed by atoms with Crippen molar-refractivity contribution in [3.05, 3.63) is 16.6 Å². The van der Waals surface area contributed by atoms with Crippen molar-refractivity contribution >= 4 is 11.3 Å². The van der Waals surface area contributed by atoms with E-state index in [1.165, 1.54) is 5.69 Å². The zero-order valence-electron chi connectivity index (χ0n) is 9.53. The average molecular weight is 228 g/mol. The Morgan fingerprint density at radius 3 is 3.07 bits per heavy atom. The maximum Gasteiger partial charge on any atom is 0.0795 e. The predicted molar refractivity (Wildman–Crippen MR) is 64.3 cm³/mol. The average Bonchev–Trinajstić information content (AvgIpc) is 2.76. The normalized spacial score (nSPS) is 12.9. The number of methoxy groups -OCH3 is 1. The van der Waals surface area contributed by atoms with Crippen LogP contribution in [0.2, 0.25) is 0 Å². The molecule has 0 amide bonds. The molecule has 0 bridgehead atoms. The fourth-order valence-electron chi connectivity index (χ4n) is 1.50. The first-order valence-electron chi connectivity index (χ1n) is 5.49. The molecule has 1 aromatic rings. The van der Waals surface area contributed by atoms with E-state index in [9.17, 15) is 0 Å². The third-order valence-corrected chi connectivity index (χ3v) is 2.90. The van der Waals surface area contributed by atoms with Crippen LogP contribution in [0.1, 0.15) is 37.9 Å². The lowest BCUT2D eigenvalue weighted by Crippen LogP contribution is -2.22. The zero-order valence-corrected chi connectivity index (χ0v) is 10.3. The first-order valence-corrected chi connectivity index (χ1v) is 6.43. The molecule has 0 spiro atoms. The number of ether oxygens (including phenoxy) is 1. The summed E-state index contributed by atoms with van der Waals surface area (Å²) in [6.07, 6.45) is 3.33. The molecule has 0 saturated carbocycles. The van der Waals surface area contributed by atoms with E-state index in [4.69, 9.17) is 4.74 Å². The van der Waals surface area contributed by atoms with Crippen molar-refractivity contribution < 1.29 is 4.74 Å². The van der Waals surface area contributed by atoms with Gasteiger partial charge in [0.1, 0.15) is 0 Å². The van der Waals surface area contributed by atoms with E-state index in [1.807, 2.05) is 5.51 Å². The number of thiazole rings is 1. The number of aromatic nitrogens is 1. The van der Waals surface area contributed by atoms with Gasteiger partial charge in [0.05, 0.1) is 17.2 Å². The lowest BCUT2D eigenvalue weighted by atomic mass is 10.1. The molecular weight excluding hydrogens is 208 g/mol. The van der Waals surface area contributed by atoms with Gasteiger partial charge >= 0.3 is 0 Å². The van der Waals surface area contributed by atoms with Gasteiger partial charge in [0.15, 0.2) is 0 Å². The lowest BCUT2D eigenvalue weighted by Gasteiger charge is -2.16. The number of nitrogens with one attached hydrogen (secondary N) is 1. The van der Waals surface area contributed by atoms with E-state index in [2.05, 4.69) is 22.6 Å². The zero-order chi connectivity index (χ0) is 10.9. The summed E-state index contributed by atoms with van der Waals surface area (Å²) in [5, 5.41) is 5.64. The highest BCUT2D eigenvalue weighted by atomic mass is 32.1. The highest BCUT2D eigenvalue weighted by Crippen LogP contribution is 2.18. The van der Waals surface area contributed by atoms with Gasteiger partial charge in [-0.3, -0.25) is 0 Å². The molecule has 0 saturated heterocycles. The predicted octanol–water partition coefficient (Wildman–Crippen LogP) is 2.61. The van der Waals surface area contributed by atoms with Crippen molar-refractivity contribution in [2.24, 2.45) is 0 Å². The molecule has 15 heavy (non-hydrogen) atoms. The molecule has 0 fully saturated rings. The van der Waals surface area contributed by atoms with Gasteiger partial charge in [0.25, 0.3) is 0 Å². The van der Waals surface area contributed by atoms with E-state index in [1.54, 1.807) is 18.4 Å². The van der Waals surface area contributed by atoms with Crippen molar-refractivity contribution in [3.8, 4) is 0 Å². The second-order valence-corrected chi connectivity index (χ2v) is 4.27. The van der Waals surface area contributed by atoms with Crippen LogP contribution >= 0.6 is 11.3 Å². The third-order valence-electron chi connectivity index (χ3n) is 2.29. The molecule has 86 valence electrons. The summed E-state index contributed by atoms with van der Waals surface area (Å²) in [7, 11) is 1.75. The molecule has 0 aliphatic rings. The topological polar surface area (TPSA) is 34.1 Å². The van der Waals surface area contributed by atoms with E-state index < -0.39 is 0 Å². The van der Waals surface area contributed by atoms with Gasteiger partial charge in [-0.2, -0.15) is 0 Å². The number of hydrogen-bond acceptors (Lipinski definition) is 4. The molecule has 0 aromatic carbocycles. The fourth-order valence-corrected chi connectivity index (χ4v) is 2.11. The fraction of sp³-hybridized carbons (Fsp3) is 0.727. The Morgan fingerprint density at radius 1 is 1.60 bits per heavy atom. The molecule has 3 nitrogen and oxygen atoms in total. The highest BCUT2D eigenvalue weighted by Gasteiger charge is 2.11. The van der Waals surface area contributed by atoms with Crippen LogP contribution < -0.4 is 5.32 Å². The number of hydrogen-bond donors (Lipinski definition) is 1. The molecule has 1 rings (SSSR count). The molecule has 1 atom stereocenters. The van der Waals surface area contributed by atoms with Crippen LogP contribution in [0.4, 0.5) is 0 Å². The summed E-state index contributed by atoms with van der Waals surface area (Å²) in [4.78, 5) is 4.36. The quantitative estimate of drug-likeness (QED) is 0.694. The van der Waals surface area contributed by atoms with Crippen LogP contribution in [-0.2, 0) is 4.74 Å². The second-order valence-electron chi connectivity index (χ2n) is 3.56. The monoisotopic (exact) mass is 228 g/mol. The van der Waals surface area contributed by atoms with Crippen LogP contribution in [0, 0.1) is 0 Å². The molecule has 4 heteroatoms. The van der Waals surface area contributed by atoms with Crippen LogP contribution in [-0.4, -0.2) is 25.2 Å². The van der Waals surface area contributed by atoms with E-state index in [0.717, 1.165) is 32.4 Å². The standard InChI is InChI=1S/C11H20N2OS/c1-3-6-12-10(5-4-7-14-2)11-8-15-9-13-11/h8-10,12H,3-7H2,1-2H3. The van der Waals surface area contributed by atoms with Gasteiger partial charge in [-0.25, -0.2) is 4.98 Å². The summed E-state index contributed by atoms with van der Waals surface area (Å²) >= 11 is 1.66. The summed E-state index contributed by atoms with van der Waals surface area (Å²) in [5.74, 6) is 0. The van der Waals surface area contributed by atoms with Crippen molar-refractivity contribution in [3.63, 3.8) is 0 Å². The van der Waals surface area contributed by atoms with Gasteiger partial charge < -0.3 is 10.1 Å². The van der Waals surface area contributed by atoms with Gasteiger partial charge in [-0.15, -0.1) is 11.3 Å². The molecular formula is C11H20N2OS. The summed E-state index contributed by atoms with van der Waals surface area (Å²) in [6, 6.07) is 0.395. The van der Waals surface area contributed by atoms with Crippen LogP contribution in [0.3, 0.4) is 0 Å².